The predicted octanol–water partition coefficient (Wildman–Crippen LogP) is 10.9. The lowest BCUT2D eigenvalue weighted by atomic mass is 9.92. The van der Waals surface area contributed by atoms with Crippen molar-refractivity contribution in [2.24, 2.45) is 0 Å². The number of fused-ring (bicyclic) bond motifs is 7. The minimum absolute atomic E-state index is 0.589. The Labute approximate surface area is 274 Å². The zero-order chi connectivity index (χ0) is 31.6. The zero-order valence-electron chi connectivity index (χ0n) is 25.5. The standard InChI is InChI=1S/C42H24N4O2/c1-2-11-25(12-3-1)39-44-40(46-41(45-39)32-17-9-20-35-38(32)31-15-6-7-19-34(31)47-35)30-23-22-28(26-13-4-5-14-27(26)30)29-16-8-21-36-37(29)33-18-10-24-43-42(33)48-36/h1-24H. The quantitative estimate of drug-likeness (QED) is 0.196. The second kappa shape index (κ2) is 10.4. The monoisotopic (exact) mass is 616 g/mol. The van der Waals surface area contributed by atoms with Crippen LogP contribution in [0.4, 0.5) is 0 Å². The summed E-state index contributed by atoms with van der Waals surface area (Å²) < 4.78 is 12.4. The molecule has 0 atom stereocenters. The molecule has 4 aromatic heterocycles. The Balaban J connectivity index is 1.23. The van der Waals surface area contributed by atoms with Gasteiger partial charge in [-0.25, -0.2) is 19.9 Å². The van der Waals surface area contributed by atoms with Crippen LogP contribution in [0.3, 0.4) is 0 Å². The van der Waals surface area contributed by atoms with Crippen LogP contribution in [0.5, 0.6) is 0 Å². The van der Waals surface area contributed by atoms with Gasteiger partial charge in [-0.1, -0.05) is 103 Å². The number of aromatic nitrogens is 4. The number of para-hydroxylation sites is 1. The summed E-state index contributed by atoms with van der Waals surface area (Å²) in [5.41, 5.74) is 7.98. The highest BCUT2D eigenvalue weighted by atomic mass is 16.3. The van der Waals surface area contributed by atoms with Crippen molar-refractivity contribution in [3.05, 3.63) is 146 Å². The van der Waals surface area contributed by atoms with Gasteiger partial charge >= 0.3 is 0 Å². The lowest BCUT2D eigenvalue weighted by Gasteiger charge is -2.14. The number of nitrogens with zero attached hydrogens (tertiary/aromatic N) is 4. The highest BCUT2D eigenvalue weighted by molar-refractivity contribution is 6.16. The van der Waals surface area contributed by atoms with Crippen LogP contribution in [-0.2, 0) is 0 Å². The molecule has 0 bridgehead atoms. The Morgan fingerprint density at radius 2 is 0.938 bits per heavy atom. The summed E-state index contributed by atoms with van der Waals surface area (Å²) in [4.78, 5) is 19.8. The first-order valence-corrected chi connectivity index (χ1v) is 15.8. The molecule has 224 valence electrons. The Hall–Kier alpha value is -6.66. The molecule has 6 aromatic carbocycles. The molecule has 10 rings (SSSR count). The van der Waals surface area contributed by atoms with Crippen LogP contribution in [-0.4, -0.2) is 19.9 Å². The summed E-state index contributed by atoms with van der Waals surface area (Å²) >= 11 is 0. The maximum absolute atomic E-state index is 6.23. The molecule has 0 spiro atoms. The van der Waals surface area contributed by atoms with Crippen LogP contribution < -0.4 is 0 Å². The van der Waals surface area contributed by atoms with Gasteiger partial charge in [0.05, 0.1) is 0 Å². The molecule has 10 aromatic rings. The van der Waals surface area contributed by atoms with E-state index in [1.165, 1.54) is 0 Å². The smallest absolute Gasteiger partial charge is 0.227 e. The normalized spacial score (nSPS) is 11.8. The van der Waals surface area contributed by atoms with Gasteiger partial charge in [0.15, 0.2) is 17.5 Å². The van der Waals surface area contributed by atoms with Gasteiger partial charge in [-0.2, -0.15) is 0 Å². The second-order valence-electron chi connectivity index (χ2n) is 11.8. The van der Waals surface area contributed by atoms with Crippen LogP contribution >= 0.6 is 0 Å². The molecule has 0 radical (unpaired) electrons. The van der Waals surface area contributed by atoms with Crippen molar-refractivity contribution in [2.75, 3.05) is 0 Å². The van der Waals surface area contributed by atoms with Crippen molar-refractivity contribution in [2.45, 2.75) is 0 Å². The molecule has 6 heteroatoms. The fraction of sp³-hybridized carbons (Fsp3) is 0. The highest BCUT2D eigenvalue weighted by Crippen LogP contribution is 2.42. The van der Waals surface area contributed by atoms with Gasteiger partial charge < -0.3 is 8.83 Å². The van der Waals surface area contributed by atoms with Crippen molar-refractivity contribution in [1.29, 1.82) is 0 Å². The van der Waals surface area contributed by atoms with Gasteiger partial charge in [0, 0.05) is 44.4 Å². The number of hydrogen-bond acceptors (Lipinski definition) is 6. The highest BCUT2D eigenvalue weighted by Gasteiger charge is 2.20. The van der Waals surface area contributed by atoms with Gasteiger partial charge in [0.1, 0.15) is 16.7 Å². The number of pyridine rings is 1. The van der Waals surface area contributed by atoms with E-state index in [0.29, 0.717) is 23.2 Å². The number of benzene rings is 6. The molecule has 0 fully saturated rings. The SMILES string of the molecule is c1ccc(-c2nc(-c3ccc(-c4cccc5oc6ncccc6c45)c4ccccc34)nc(-c3cccc4oc5ccccc5c34)n2)cc1. The average molecular weight is 617 g/mol. The first-order chi connectivity index (χ1) is 23.8. The predicted molar refractivity (Wildman–Crippen MR) is 191 cm³/mol. The fourth-order valence-corrected chi connectivity index (χ4v) is 6.91. The largest absolute Gasteiger partial charge is 0.456 e. The minimum atomic E-state index is 0.589. The number of rotatable bonds is 4. The second-order valence-corrected chi connectivity index (χ2v) is 11.8. The van der Waals surface area contributed by atoms with E-state index in [0.717, 1.165) is 76.9 Å². The van der Waals surface area contributed by atoms with E-state index in [1.807, 2.05) is 78.9 Å². The van der Waals surface area contributed by atoms with Crippen LogP contribution in [0.25, 0.3) is 100 Å². The lowest BCUT2D eigenvalue weighted by Crippen LogP contribution is -2.01. The summed E-state index contributed by atoms with van der Waals surface area (Å²) in [7, 11) is 0. The molecule has 0 saturated carbocycles. The van der Waals surface area contributed by atoms with Gasteiger partial charge in [0.25, 0.3) is 0 Å². The number of furan rings is 2. The third-order valence-electron chi connectivity index (χ3n) is 9.04. The lowest BCUT2D eigenvalue weighted by molar-refractivity contribution is 0.654. The van der Waals surface area contributed by atoms with E-state index >= 15 is 0 Å². The first kappa shape index (κ1) is 26.5. The fourth-order valence-electron chi connectivity index (χ4n) is 6.91. The molecular formula is C42H24N4O2. The summed E-state index contributed by atoms with van der Waals surface area (Å²) in [6, 6.07) is 47.1. The van der Waals surface area contributed by atoms with Crippen LogP contribution in [0.2, 0.25) is 0 Å². The molecule has 4 heterocycles. The summed E-state index contributed by atoms with van der Waals surface area (Å²) in [5, 5.41) is 6.18. The molecule has 48 heavy (non-hydrogen) atoms. The summed E-state index contributed by atoms with van der Waals surface area (Å²) in [5.74, 6) is 1.80. The Morgan fingerprint density at radius 1 is 0.354 bits per heavy atom. The third-order valence-corrected chi connectivity index (χ3v) is 9.04. The van der Waals surface area contributed by atoms with Crippen LogP contribution in [0.15, 0.2) is 155 Å². The molecule has 0 aliphatic heterocycles. The van der Waals surface area contributed by atoms with E-state index in [4.69, 9.17) is 23.8 Å². The first-order valence-electron chi connectivity index (χ1n) is 15.8. The average Bonchev–Trinajstić information content (AvgIpc) is 3.73. The van der Waals surface area contributed by atoms with Crippen molar-refractivity contribution < 1.29 is 8.83 Å². The number of hydrogen-bond donors (Lipinski definition) is 0. The van der Waals surface area contributed by atoms with E-state index in [-0.39, 0.29) is 0 Å². The Morgan fingerprint density at radius 3 is 1.77 bits per heavy atom. The molecule has 6 nitrogen and oxygen atoms in total. The molecule has 0 amide bonds. The molecule has 0 N–H and O–H groups in total. The molecule has 0 saturated heterocycles. The van der Waals surface area contributed by atoms with Gasteiger partial charge in [0.2, 0.25) is 5.71 Å². The summed E-state index contributed by atoms with van der Waals surface area (Å²) in [6.07, 6.45) is 1.76. The maximum Gasteiger partial charge on any atom is 0.227 e. The van der Waals surface area contributed by atoms with Gasteiger partial charge in [-0.3, -0.25) is 0 Å². The summed E-state index contributed by atoms with van der Waals surface area (Å²) in [6.45, 7) is 0. The topological polar surface area (TPSA) is 77.8 Å². The molecule has 0 aliphatic rings. The maximum atomic E-state index is 6.23. The zero-order valence-corrected chi connectivity index (χ0v) is 25.5. The van der Waals surface area contributed by atoms with Gasteiger partial charge in [-0.05, 0) is 58.3 Å². The van der Waals surface area contributed by atoms with E-state index in [9.17, 15) is 0 Å². The van der Waals surface area contributed by atoms with Crippen molar-refractivity contribution >= 4 is 54.8 Å². The van der Waals surface area contributed by atoms with E-state index in [1.54, 1.807) is 6.20 Å². The van der Waals surface area contributed by atoms with Crippen molar-refractivity contribution in [3.8, 4) is 45.3 Å². The van der Waals surface area contributed by atoms with Crippen LogP contribution in [0.1, 0.15) is 0 Å². The van der Waals surface area contributed by atoms with Crippen molar-refractivity contribution in [1.82, 2.24) is 19.9 Å². The van der Waals surface area contributed by atoms with E-state index < -0.39 is 0 Å². The van der Waals surface area contributed by atoms with Crippen molar-refractivity contribution in [3.63, 3.8) is 0 Å². The van der Waals surface area contributed by atoms with Crippen LogP contribution in [0, 0.1) is 0 Å². The molecular weight excluding hydrogens is 592 g/mol. The Bertz CT molecular complexity index is 2850. The molecule has 0 unspecified atom stereocenters. The van der Waals surface area contributed by atoms with E-state index in [2.05, 4.69) is 65.6 Å². The molecule has 0 aliphatic carbocycles. The third kappa shape index (κ3) is 4.06. The Kier molecular flexibility index (Phi) is 5.77. The minimum Gasteiger partial charge on any atom is -0.456 e. The van der Waals surface area contributed by atoms with Gasteiger partial charge in [-0.15, -0.1) is 0 Å².